The van der Waals surface area contributed by atoms with Gasteiger partial charge >= 0.3 is 6.03 Å². The minimum atomic E-state index is 0.0537. The maximum Gasteiger partial charge on any atom is 0.317 e. The van der Waals surface area contributed by atoms with Gasteiger partial charge in [-0.1, -0.05) is 18.2 Å². The van der Waals surface area contributed by atoms with E-state index in [0.717, 1.165) is 57.7 Å². The molecule has 3 heterocycles. The number of rotatable bonds is 5. The van der Waals surface area contributed by atoms with Crippen molar-refractivity contribution in [1.82, 2.24) is 15.2 Å². The number of ether oxygens (including phenoxy) is 1. The number of urea groups is 1. The number of amides is 2. The summed E-state index contributed by atoms with van der Waals surface area (Å²) in [6.07, 6.45) is 6.46. The minimum absolute atomic E-state index is 0.0537. The van der Waals surface area contributed by atoms with Gasteiger partial charge in [-0.25, -0.2) is 4.79 Å². The Balaban J connectivity index is 1.17. The van der Waals surface area contributed by atoms with E-state index < -0.39 is 0 Å². The molecule has 0 spiro atoms. The lowest BCUT2D eigenvalue weighted by atomic mass is 10.1. The molecule has 6 heteroatoms. The van der Waals surface area contributed by atoms with Crippen molar-refractivity contribution < 1.29 is 9.53 Å². The fraction of sp³-hybridized carbons (Fsp3) is 0.455. The number of nitrogens with one attached hydrogen (secondary N) is 1. The number of likely N-dealkylation sites (tertiary alicyclic amines) is 1. The Kier molecular flexibility index (Phi) is 5.95. The van der Waals surface area contributed by atoms with Crippen LogP contribution in [0.15, 0.2) is 54.9 Å². The summed E-state index contributed by atoms with van der Waals surface area (Å²) in [6, 6.07) is 14.3. The SMILES string of the molecule is O=C(NC[C@@H]1CCN(c2ccccc2)C1)N1CCC(Oc2cccnc2)CC1. The highest BCUT2D eigenvalue weighted by molar-refractivity contribution is 5.74. The van der Waals surface area contributed by atoms with Crippen molar-refractivity contribution in [2.45, 2.75) is 25.4 Å². The van der Waals surface area contributed by atoms with E-state index in [4.69, 9.17) is 4.74 Å². The number of aromatic nitrogens is 1. The molecule has 148 valence electrons. The monoisotopic (exact) mass is 380 g/mol. The number of piperidine rings is 1. The molecule has 0 unspecified atom stereocenters. The highest BCUT2D eigenvalue weighted by atomic mass is 16.5. The number of anilines is 1. The number of carbonyl (C=O) groups excluding carboxylic acids is 1. The van der Waals surface area contributed by atoms with Crippen LogP contribution < -0.4 is 15.0 Å². The molecule has 2 aromatic rings. The third-order valence-corrected chi connectivity index (χ3v) is 5.62. The highest BCUT2D eigenvalue weighted by Gasteiger charge is 2.26. The molecule has 0 aliphatic carbocycles. The first kappa shape index (κ1) is 18.6. The second kappa shape index (κ2) is 8.95. The van der Waals surface area contributed by atoms with Crippen molar-refractivity contribution >= 4 is 11.7 Å². The Labute approximate surface area is 166 Å². The zero-order valence-electron chi connectivity index (χ0n) is 16.2. The van der Waals surface area contributed by atoms with Crippen LogP contribution >= 0.6 is 0 Å². The van der Waals surface area contributed by atoms with E-state index >= 15 is 0 Å². The number of pyridine rings is 1. The van der Waals surface area contributed by atoms with Gasteiger partial charge in [0.2, 0.25) is 0 Å². The number of benzene rings is 1. The predicted molar refractivity (Wildman–Crippen MR) is 110 cm³/mol. The summed E-state index contributed by atoms with van der Waals surface area (Å²) >= 11 is 0. The second-order valence-electron chi connectivity index (χ2n) is 7.62. The van der Waals surface area contributed by atoms with Gasteiger partial charge in [-0.3, -0.25) is 4.98 Å². The summed E-state index contributed by atoms with van der Waals surface area (Å²) in [5, 5.41) is 3.14. The van der Waals surface area contributed by atoms with E-state index in [9.17, 15) is 4.79 Å². The molecule has 1 aromatic carbocycles. The second-order valence-corrected chi connectivity index (χ2v) is 7.62. The van der Waals surface area contributed by atoms with Gasteiger partial charge in [0.15, 0.2) is 0 Å². The van der Waals surface area contributed by atoms with Crippen molar-refractivity contribution in [3.63, 3.8) is 0 Å². The molecular weight excluding hydrogens is 352 g/mol. The summed E-state index contributed by atoms with van der Waals surface area (Å²) in [6.45, 7) is 4.27. The van der Waals surface area contributed by atoms with Gasteiger partial charge in [0.1, 0.15) is 11.9 Å². The van der Waals surface area contributed by atoms with E-state index in [1.807, 2.05) is 23.1 Å². The van der Waals surface area contributed by atoms with Gasteiger partial charge in [0.05, 0.1) is 6.20 Å². The van der Waals surface area contributed by atoms with Crippen molar-refractivity contribution in [3.05, 3.63) is 54.9 Å². The van der Waals surface area contributed by atoms with Gasteiger partial charge in [0.25, 0.3) is 0 Å². The Morgan fingerprint density at radius 2 is 1.89 bits per heavy atom. The lowest BCUT2D eigenvalue weighted by Gasteiger charge is -2.32. The largest absolute Gasteiger partial charge is 0.489 e. The maximum absolute atomic E-state index is 12.5. The molecule has 1 N–H and O–H groups in total. The fourth-order valence-corrected chi connectivity index (χ4v) is 4.00. The van der Waals surface area contributed by atoms with Crippen LogP contribution in [0.5, 0.6) is 5.75 Å². The summed E-state index contributed by atoms with van der Waals surface area (Å²) in [4.78, 5) is 20.9. The molecule has 1 atom stereocenters. The smallest absolute Gasteiger partial charge is 0.317 e. The Morgan fingerprint density at radius 3 is 2.64 bits per heavy atom. The molecule has 0 bridgehead atoms. The van der Waals surface area contributed by atoms with Crippen LogP contribution in [0.4, 0.5) is 10.5 Å². The average Bonchev–Trinajstić information content (AvgIpc) is 3.23. The van der Waals surface area contributed by atoms with Crippen molar-refractivity contribution in [3.8, 4) is 5.75 Å². The first-order valence-corrected chi connectivity index (χ1v) is 10.2. The average molecular weight is 380 g/mol. The number of para-hydroxylation sites is 1. The van der Waals surface area contributed by atoms with Gasteiger partial charge in [0, 0.05) is 57.4 Å². The van der Waals surface area contributed by atoms with Gasteiger partial charge < -0.3 is 19.9 Å². The molecule has 2 saturated heterocycles. The fourth-order valence-electron chi connectivity index (χ4n) is 4.00. The minimum Gasteiger partial charge on any atom is -0.489 e. The normalized spacial score (nSPS) is 20.2. The zero-order valence-corrected chi connectivity index (χ0v) is 16.2. The molecule has 4 rings (SSSR count). The van der Waals surface area contributed by atoms with E-state index in [0.29, 0.717) is 5.92 Å². The Morgan fingerprint density at radius 1 is 1.07 bits per heavy atom. The van der Waals surface area contributed by atoms with Crippen molar-refractivity contribution in [2.24, 2.45) is 5.92 Å². The number of carbonyl (C=O) groups is 1. The summed E-state index contributed by atoms with van der Waals surface area (Å²) < 4.78 is 5.95. The molecule has 2 amide bonds. The third-order valence-electron chi connectivity index (χ3n) is 5.62. The molecular formula is C22H28N4O2. The van der Waals surface area contributed by atoms with Gasteiger partial charge in [-0.15, -0.1) is 0 Å². The van der Waals surface area contributed by atoms with Gasteiger partial charge in [-0.2, -0.15) is 0 Å². The number of hydrogen-bond acceptors (Lipinski definition) is 4. The van der Waals surface area contributed by atoms with Crippen LogP contribution in [0.2, 0.25) is 0 Å². The highest BCUT2D eigenvalue weighted by Crippen LogP contribution is 2.23. The van der Waals surface area contributed by atoms with Crippen LogP contribution in [0.25, 0.3) is 0 Å². The first-order chi connectivity index (χ1) is 13.8. The standard InChI is InChI=1S/C22H28N4O2/c27-22(24-15-18-8-12-26(17-18)19-5-2-1-3-6-19)25-13-9-20(10-14-25)28-21-7-4-11-23-16-21/h1-7,11,16,18,20H,8-10,12-15,17H2,(H,24,27)/t18-/m0/s1. The topological polar surface area (TPSA) is 57.7 Å². The third kappa shape index (κ3) is 4.74. The summed E-state index contributed by atoms with van der Waals surface area (Å²) in [7, 11) is 0. The molecule has 6 nitrogen and oxygen atoms in total. The molecule has 2 fully saturated rings. The molecule has 28 heavy (non-hydrogen) atoms. The van der Waals surface area contributed by atoms with E-state index in [2.05, 4.69) is 39.5 Å². The van der Waals surface area contributed by atoms with Crippen LogP contribution in [0, 0.1) is 5.92 Å². The molecule has 2 aliphatic rings. The lowest BCUT2D eigenvalue weighted by molar-refractivity contribution is 0.110. The molecule has 1 aromatic heterocycles. The zero-order chi connectivity index (χ0) is 19.2. The van der Waals surface area contributed by atoms with Crippen LogP contribution in [0.1, 0.15) is 19.3 Å². The molecule has 0 saturated carbocycles. The van der Waals surface area contributed by atoms with Gasteiger partial charge in [-0.05, 0) is 36.6 Å². The maximum atomic E-state index is 12.5. The molecule has 0 radical (unpaired) electrons. The number of hydrogen-bond donors (Lipinski definition) is 1. The van der Waals surface area contributed by atoms with Crippen molar-refractivity contribution in [1.29, 1.82) is 0 Å². The predicted octanol–water partition coefficient (Wildman–Crippen LogP) is 3.16. The quantitative estimate of drug-likeness (QED) is 0.866. The molecule has 2 aliphatic heterocycles. The van der Waals surface area contributed by atoms with Crippen LogP contribution in [-0.4, -0.2) is 54.7 Å². The summed E-state index contributed by atoms with van der Waals surface area (Å²) in [5.41, 5.74) is 1.27. The van der Waals surface area contributed by atoms with E-state index in [-0.39, 0.29) is 12.1 Å². The lowest BCUT2D eigenvalue weighted by Crippen LogP contribution is -2.47. The van der Waals surface area contributed by atoms with E-state index in [1.165, 1.54) is 5.69 Å². The number of nitrogens with zero attached hydrogens (tertiary/aromatic N) is 3. The Hall–Kier alpha value is -2.76. The van der Waals surface area contributed by atoms with E-state index in [1.54, 1.807) is 12.4 Å². The van der Waals surface area contributed by atoms with Crippen molar-refractivity contribution in [2.75, 3.05) is 37.6 Å². The van der Waals surface area contributed by atoms with Crippen LogP contribution in [0.3, 0.4) is 0 Å². The van der Waals surface area contributed by atoms with Crippen LogP contribution in [-0.2, 0) is 0 Å². The Bertz CT molecular complexity index is 748. The first-order valence-electron chi connectivity index (χ1n) is 10.2. The summed E-state index contributed by atoms with van der Waals surface area (Å²) in [5.74, 6) is 1.31.